The van der Waals surface area contributed by atoms with Gasteiger partial charge in [-0.1, -0.05) is 17.7 Å². The Morgan fingerprint density at radius 3 is 2.85 bits per heavy atom. The number of benzene rings is 2. The minimum absolute atomic E-state index is 0.665. The molecule has 1 aromatic heterocycles. The van der Waals surface area contributed by atoms with Crippen molar-refractivity contribution >= 4 is 28.2 Å². The van der Waals surface area contributed by atoms with Crippen molar-refractivity contribution in [3.8, 4) is 17.0 Å². The summed E-state index contributed by atoms with van der Waals surface area (Å²) in [5.41, 5.74) is 10.3. The summed E-state index contributed by atoms with van der Waals surface area (Å²) in [5, 5.41) is 8.93. The van der Waals surface area contributed by atoms with Gasteiger partial charge in [0.2, 0.25) is 0 Å². The average Bonchev–Trinajstić information content (AvgIpc) is 2.86. The second-order valence-electron chi connectivity index (χ2n) is 4.64. The Morgan fingerprint density at radius 2 is 2.10 bits per heavy atom. The second-order valence-corrected chi connectivity index (χ2v) is 5.05. The molecule has 0 aliphatic rings. The van der Waals surface area contributed by atoms with Gasteiger partial charge in [0.05, 0.1) is 18.0 Å². The SMILES string of the molecule is COc1cc(Cl)c(C)cc1-c1n[nH]c2cccc(N)c12. The number of hydrogen-bond donors (Lipinski definition) is 2. The third kappa shape index (κ3) is 1.89. The highest BCUT2D eigenvalue weighted by atomic mass is 35.5. The van der Waals surface area contributed by atoms with Crippen molar-refractivity contribution in [1.29, 1.82) is 0 Å². The number of nitrogen functional groups attached to an aromatic ring is 1. The first-order chi connectivity index (χ1) is 9.61. The molecule has 20 heavy (non-hydrogen) atoms. The summed E-state index contributed by atoms with van der Waals surface area (Å²) >= 11 is 6.14. The number of anilines is 1. The summed E-state index contributed by atoms with van der Waals surface area (Å²) < 4.78 is 5.41. The van der Waals surface area contributed by atoms with Crippen molar-refractivity contribution in [2.45, 2.75) is 6.92 Å². The maximum atomic E-state index is 6.14. The van der Waals surface area contributed by atoms with E-state index in [-0.39, 0.29) is 0 Å². The zero-order valence-electron chi connectivity index (χ0n) is 11.2. The van der Waals surface area contributed by atoms with Crippen LogP contribution < -0.4 is 10.5 Å². The van der Waals surface area contributed by atoms with Crippen molar-refractivity contribution in [3.63, 3.8) is 0 Å². The number of hydrogen-bond acceptors (Lipinski definition) is 3. The summed E-state index contributed by atoms with van der Waals surface area (Å²) in [4.78, 5) is 0. The number of fused-ring (bicyclic) bond motifs is 1. The lowest BCUT2D eigenvalue weighted by Crippen LogP contribution is -1.92. The van der Waals surface area contributed by atoms with Crippen LogP contribution in [-0.4, -0.2) is 17.3 Å². The van der Waals surface area contributed by atoms with E-state index in [0.717, 1.165) is 27.7 Å². The zero-order valence-corrected chi connectivity index (χ0v) is 12.0. The van der Waals surface area contributed by atoms with Gasteiger partial charge in [-0.05, 0) is 36.8 Å². The van der Waals surface area contributed by atoms with E-state index in [1.165, 1.54) is 0 Å². The van der Waals surface area contributed by atoms with Crippen LogP contribution in [0.1, 0.15) is 5.56 Å². The van der Waals surface area contributed by atoms with Crippen molar-refractivity contribution in [3.05, 3.63) is 40.9 Å². The van der Waals surface area contributed by atoms with Gasteiger partial charge in [0.15, 0.2) is 0 Å². The second kappa shape index (κ2) is 4.72. The van der Waals surface area contributed by atoms with Crippen LogP contribution in [0.4, 0.5) is 5.69 Å². The van der Waals surface area contributed by atoms with Gasteiger partial charge in [-0.2, -0.15) is 5.10 Å². The minimum Gasteiger partial charge on any atom is -0.496 e. The maximum absolute atomic E-state index is 6.14. The number of aromatic amines is 1. The van der Waals surface area contributed by atoms with E-state index < -0.39 is 0 Å². The predicted octanol–water partition coefficient (Wildman–Crippen LogP) is 3.78. The molecule has 0 atom stereocenters. The molecule has 1 heterocycles. The summed E-state index contributed by atoms with van der Waals surface area (Å²) in [6.07, 6.45) is 0. The highest BCUT2D eigenvalue weighted by molar-refractivity contribution is 6.31. The number of ether oxygens (including phenoxy) is 1. The van der Waals surface area contributed by atoms with Crippen LogP contribution in [-0.2, 0) is 0 Å². The molecule has 0 radical (unpaired) electrons. The van der Waals surface area contributed by atoms with Gasteiger partial charge in [0.25, 0.3) is 0 Å². The van der Waals surface area contributed by atoms with E-state index in [1.54, 1.807) is 13.2 Å². The van der Waals surface area contributed by atoms with Gasteiger partial charge in [-0.3, -0.25) is 5.10 Å². The van der Waals surface area contributed by atoms with Gasteiger partial charge in [-0.25, -0.2) is 0 Å². The number of halogens is 1. The molecule has 0 fully saturated rings. The Hall–Kier alpha value is -2.20. The van der Waals surface area contributed by atoms with E-state index in [2.05, 4.69) is 10.2 Å². The quantitative estimate of drug-likeness (QED) is 0.705. The van der Waals surface area contributed by atoms with Crippen LogP contribution in [0.3, 0.4) is 0 Å². The third-order valence-electron chi connectivity index (χ3n) is 3.36. The molecule has 0 aliphatic heterocycles. The Balaban J connectivity index is 2.34. The van der Waals surface area contributed by atoms with Crippen LogP contribution in [0, 0.1) is 6.92 Å². The first kappa shape index (κ1) is 12.8. The molecule has 0 saturated carbocycles. The van der Waals surface area contributed by atoms with Gasteiger partial charge in [-0.15, -0.1) is 0 Å². The minimum atomic E-state index is 0.665. The molecule has 0 aliphatic carbocycles. The van der Waals surface area contributed by atoms with E-state index in [4.69, 9.17) is 22.1 Å². The first-order valence-electron chi connectivity index (χ1n) is 6.19. The smallest absolute Gasteiger partial charge is 0.129 e. The number of nitrogens with one attached hydrogen (secondary N) is 1. The molecular weight excluding hydrogens is 274 g/mol. The van der Waals surface area contributed by atoms with E-state index in [0.29, 0.717) is 16.5 Å². The largest absolute Gasteiger partial charge is 0.496 e. The maximum Gasteiger partial charge on any atom is 0.129 e. The lowest BCUT2D eigenvalue weighted by Gasteiger charge is -2.10. The molecule has 3 aromatic rings. The highest BCUT2D eigenvalue weighted by Crippen LogP contribution is 2.38. The normalized spacial score (nSPS) is 10.9. The standard InChI is InChI=1S/C15H14ClN3O/c1-8-6-9(13(20-2)7-10(8)16)15-14-11(17)4-3-5-12(14)18-19-15/h3-7H,17H2,1-2H3,(H,18,19). The Morgan fingerprint density at radius 1 is 1.30 bits per heavy atom. The summed E-state index contributed by atoms with van der Waals surface area (Å²) in [7, 11) is 1.61. The van der Waals surface area contributed by atoms with E-state index in [1.807, 2.05) is 31.2 Å². The number of nitrogens with two attached hydrogens (primary N) is 1. The van der Waals surface area contributed by atoms with Gasteiger partial charge < -0.3 is 10.5 Å². The Bertz CT molecular complexity index is 795. The molecule has 3 N–H and O–H groups in total. The van der Waals surface area contributed by atoms with E-state index in [9.17, 15) is 0 Å². The van der Waals surface area contributed by atoms with Gasteiger partial charge >= 0.3 is 0 Å². The molecule has 4 nitrogen and oxygen atoms in total. The monoisotopic (exact) mass is 287 g/mol. The average molecular weight is 288 g/mol. The fraction of sp³-hybridized carbons (Fsp3) is 0.133. The zero-order chi connectivity index (χ0) is 14.3. The summed E-state index contributed by atoms with van der Waals surface area (Å²) in [5.74, 6) is 0.678. The predicted molar refractivity (Wildman–Crippen MR) is 82.2 cm³/mol. The molecule has 102 valence electrons. The van der Waals surface area contributed by atoms with Crippen molar-refractivity contribution in [2.75, 3.05) is 12.8 Å². The highest BCUT2D eigenvalue weighted by Gasteiger charge is 2.16. The van der Waals surface area contributed by atoms with Crippen molar-refractivity contribution < 1.29 is 4.74 Å². The molecule has 5 heteroatoms. The van der Waals surface area contributed by atoms with Crippen LogP contribution in [0.15, 0.2) is 30.3 Å². The Kier molecular flexibility index (Phi) is 3.03. The first-order valence-corrected chi connectivity index (χ1v) is 6.56. The summed E-state index contributed by atoms with van der Waals surface area (Å²) in [6, 6.07) is 9.45. The lowest BCUT2D eigenvalue weighted by molar-refractivity contribution is 0.416. The topological polar surface area (TPSA) is 63.9 Å². The Labute approximate surface area is 121 Å². The third-order valence-corrected chi connectivity index (χ3v) is 3.76. The summed E-state index contributed by atoms with van der Waals surface area (Å²) in [6.45, 7) is 1.95. The van der Waals surface area contributed by atoms with E-state index >= 15 is 0 Å². The fourth-order valence-electron chi connectivity index (χ4n) is 2.31. The fourth-order valence-corrected chi connectivity index (χ4v) is 2.47. The van der Waals surface area contributed by atoms with Crippen LogP contribution >= 0.6 is 11.6 Å². The van der Waals surface area contributed by atoms with Crippen LogP contribution in [0.5, 0.6) is 5.75 Å². The molecule has 3 rings (SSSR count). The number of aryl methyl sites for hydroxylation is 1. The molecule has 0 spiro atoms. The van der Waals surface area contributed by atoms with Gasteiger partial charge in [0, 0.05) is 16.3 Å². The molecule has 0 amide bonds. The van der Waals surface area contributed by atoms with Crippen molar-refractivity contribution in [1.82, 2.24) is 10.2 Å². The van der Waals surface area contributed by atoms with Crippen LogP contribution in [0.2, 0.25) is 5.02 Å². The molecule has 2 aromatic carbocycles. The van der Waals surface area contributed by atoms with Crippen LogP contribution in [0.25, 0.3) is 22.2 Å². The number of nitrogens with zero attached hydrogens (tertiary/aromatic N) is 1. The van der Waals surface area contributed by atoms with Gasteiger partial charge in [0.1, 0.15) is 11.4 Å². The number of H-pyrrole nitrogens is 1. The number of rotatable bonds is 2. The lowest BCUT2D eigenvalue weighted by atomic mass is 10.0. The molecule has 0 saturated heterocycles. The molecule has 0 unspecified atom stereocenters. The number of aromatic nitrogens is 2. The molecule has 0 bridgehead atoms. The van der Waals surface area contributed by atoms with Crippen molar-refractivity contribution in [2.24, 2.45) is 0 Å². The molecular formula is C15H14ClN3O. The number of methoxy groups -OCH3 is 1.